The maximum absolute atomic E-state index is 3.54. The van der Waals surface area contributed by atoms with E-state index in [4.69, 9.17) is 0 Å². The molecule has 1 aromatic rings. The second-order valence-corrected chi connectivity index (χ2v) is 7.43. The number of aryl methyl sites for hydroxylation is 1. The Hall–Kier alpha value is -0.670. The quantitative estimate of drug-likeness (QED) is 0.899. The van der Waals surface area contributed by atoms with Crippen LogP contribution in [0.5, 0.6) is 0 Å². The van der Waals surface area contributed by atoms with Crippen molar-refractivity contribution in [2.24, 2.45) is 0 Å². The fourth-order valence-corrected chi connectivity index (χ4v) is 3.60. The van der Waals surface area contributed by atoms with E-state index in [-0.39, 0.29) is 0 Å². The minimum absolute atomic E-state index is 0.418. The smallest absolute Gasteiger partial charge is 0.0370 e. The Balaban J connectivity index is 1.77. The summed E-state index contributed by atoms with van der Waals surface area (Å²) in [4.78, 5) is 2.57. The topological polar surface area (TPSA) is 15.3 Å². The molecule has 0 bridgehead atoms. The normalized spacial score (nSPS) is 19.7. The summed E-state index contributed by atoms with van der Waals surface area (Å²) in [7, 11) is 0. The van der Waals surface area contributed by atoms with Crippen LogP contribution in [-0.4, -0.2) is 41.6 Å². The third-order valence-electron chi connectivity index (χ3n) is 3.39. The van der Waals surface area contributed by atoms with E-state index in [0.29, 0.717) is 4.75 Å². The van der Waals surface area contributed by atoms with Gasteiger partial charge in [-0.2, -0.15) is 11.8 Å². The highest BCUT2D eigenvalue weighted by molar-refractivity contribution is 8.00. The molecule has 0 saturated carbocycles. The molecule has 0 atom stereocenters. The summed E-state index contributed by atoms with van der Waals surface area (Å²) in [5.41, 5.74) is 2.59. The minimum Gasteiger partial charge on any atom is -0.384 e. The Kier molecular flexibility index (Phi) is 4.57. The summed E-state index contributed by atoms with van der Waals surface area (Å²) in [5, 5.41) is 3.54. The molecule has 0 aliphatic carbocycles. The summed E-state index contributed by atoms with van der Waals surface area (Å²) in [5.74, 6) is 1.26. The molecule has 100 valence electrons. The number of hydrogen-bond acceptors (Lipinski definition) is 3. The van der Waals surface area contributed by atoms with Crippen molar-refractivity contribution in [3.05, 3.63) is 29.8 Å². The van der Waals surface area contributed by atoms with Gasteiger partial charge in [-0.3, -0.25) is 4.90 Å². The lowest BCUT2D eigenvalue weighted by atomic mass is 10.2. The molecule has 0 amide bonds. The van der Waals surface area contributed by atoms with Gasteiger partial charge < -0.3 is 5.32 Å². The van der Waals surface area contributed by atoms with Crippen LogP contribution in [0.25, 0.3) is 0 Å². The number of para-hydroxylation sites is 1. The molecule has 2 rings (SSSR count). The molecule has 1 aliphatic heterocycles. The standard InChI is InChI=1S/C15H24N2S/c1-13-6-4-5-7-14(13)16-8-9-17-10-11-18-15(2,3)12-17/h4-7,16H,8-12H2,1-3H3. The number of thioether (sulfide) groups is 1. The van der Waals surface area contributed by atoms with Crippen molar-refractivity contribution >= 4 is 17.4 Å². The molecule has 1 aliphatic rings. The van der Waals surface area contributed by atoms with Crippen LogP contribution in [-0.2, 0) is 0 Å². The van der Waals surface area contributed by atoms with Crippen LogP contribution in [0.15, 0.2) is 24.3 Å². The molecule has 1 saturated heterocycles. The fraction of sp³-hybridized carbons (Fsp3) is 0.600. The third kappa shape index (κ3) is 3.92. The lowest BCUT2D eigenvalue weighted by molar-refractivity contribution is 0.270. The van der Waals surface area contributed by atoms with Gasteiger partial charge in [0.05, 0.1) is 0 Å². The minimum atomic E-state index is 0.418. The molecular formula is C15H24N2S. The van der Waals surface area contributed by atoms with Crippen LogP contribution in [0.3, 0.4) is 0 Å². The van der Waals surface area contributed by atoms with Gasteiger partial charge in [0.15, 0.2) is 0 Å². The first kappa shape index (κ1) is 13.8. The van der Waals surface area contributed by atoms with Crippen molar-refractivity contribution in [3.8, 4) is 0 Å². The average Bonchev–Trinajstić information content (AvgIpc) is 2.30. The fourth-order valence-electron chi connectivity index (χ4n) is 2.43. The summed E-state index contributed by atoms with van der Waals surface area (Å²) < 4.78 is 0.418. The van der Waals surface area contributed by atoms with Gasteiger partial charge in [-0.05, 0) is 32.4 Å². The number of hydrogen-bond donors (Lipinski definition) is 1. The van der Waals surface area contributed by atoms with Crippen molar-refractivity contribution in [2.45, 2.75) is 25.5 Å². The molecule has 1 N–H and O–H groups in total. The molecule has 0 aromatic heterocycles. The van der Waals surface area contributed by atoms with Crippen LogP contribution < -0.4 is 5.32 Å². The van der Waals surface area contributed by atoms with Crippen molar-refractivity contribution < 1.29 is 0 Å². The number of rotatable bonds is 4. The van der Waals surface area contributed by atoms with Gasteiger partial charge in [-0.15, -0.1) is 0 Å². The van der Waals surface area contributed by atoms with Crippen LogP contribution in [0.1, 0.15) is 19.4 Å². The number of nitrogens with zero attached hydrogens (tertiary/aromatic N) is 1. The zero-order valence-electron chi connectivity index (χ0n) is 11.7. The molecule has 1 heterocycles. The molecule has 2 nitrogen and oxygen atoms in total. The average molecular weight is 264 g/mol. The van der Waals surface area contributed by atoms with E-state index in [9.17, 15) is 0 Å². The predicted molar refractivity (Wildman–Crippen MR) is 82.6 cm³/mol. The van der Waals surface area contributed by atoms with Crippen molar-refractivity contribution in [3.63, 3.8) is 0 Å². The molecule has 0 spiro atoms. The van der Waals surface area contributed by atoms with Gasteiger partial charge in [0, 0.05) is 42.4 Å². The van der Waals surface area contributed by atoms with Gasteiger partial charge in [-0.25, -0.2) is 0 Å². The molecule has 1 aromatic carbocycles. The van der Waals surface area contributed by atoms with E-state index in [1.807, 2.05) is 0 Å². The third-order valence-corrected chi connectivity index (χ3v) is 4.69. The van der Waals surface area contributed by atoms with Crippen LogP contribution in [0.4, 0.5) is 5.69 Å². The maximum Gasteiger partial charge on any atom is 0.0370 e. The van der Waals surface area contributed by atoms with Crippen LogP contribution in [0, 0.1) is 6.92 Å². The molecule has 0 radical (unpaired) electrons. The molecule has 1 fully saturated rings. The lowest BCUT2D eigenvalue weighted by Crippen LogP contribution is -2.44. The Morgan fingerprint density at radius 2 is 2.11 bits per heavy atom. The van der Waals surface area contributed by atoms with E-state index < -0.39 is 0 Å². The highest BCUT2D eigenvalue weighted by Crippen LogP contribution is 2.29. The van der Waals surface area contributed by atoms with Gasteiger partial charge in [0.25, 0.3) is 0 Å². The monoisotopic (exact) mass is 264 g/mol. The Labute approximate surface area is 115 Å². The van der Waals surface area contributed by atoms with E-state index in [0.717, 1.165) is 13.1 Å². The lowest BCUT2D eigenvalue weighted by Gasteiger charge is -2.37. The maximum atomic E-state index is 3.54. The SMILES string of the molecule is Cc1ccccc1NCCN1CCSC(C)(C)C1. The summed E-state index contributed by atoms with van der Waals surface area (Å²) in [6.45, 7) is 11.4. The summed E-state index contributed by atoms with van der Waals surface area (Å²) in [6, 6.07) is 8.50. The van der Waals surface area contributed by atoms with Crippen molar-refractivity contribution in [1.29, 1.82) is 0 Å². The summed E-state index contributed by atoms with van der Waals surface area (Å²) >= 11 is 2.09. The molecule has 18 heavy (non-hydrogen) atoms. The van der Waals surface area contributed by atoms with Gasteiger partial charge in [0.1, 0.15) is 0 Å². The van der Waals surface area contributed by atoms with E-state index >= 15 is 0 Å². The molecular weight excluding hydrogens is 240 g/mol. The van der Waals surface area contributed by atoms with Gasteiger partial charge in [0.2, 0.25) is 0 Å². The number of anilines is 1. The Morgan fingerprint density at radius 1 is 1.33 bits per heavy atom. The van der Waals surface area contributed by atoms with Gasteiger partial charge >= 0.3 is 0 Å². The first-order valence-corrected chi connectivity index (χ1v) is 7.71. The van der Waals surface area contributed by atoms with E-state index in [1.165, 1.54) is 30.1 Å². The predicted octanol–water partition coefficient (Wildman–Crippen LogP) is 3.23. The largest absolute Gasteiger partial charge is 0.384 e. The second-order valence-electron chi connectivity index (χ2n) is 5.63. The highest BCUT2D eigenvalue weighted by Gasteiger charge is 2.26. The summed E-state index contributed by atoms with van der Waals surface area (Å²) in [6.07, 6.45) is 0. The zero-order valence-corrected chi connectivity index (χ0v) is 12.5. The highest BCUT2D eigenvalue weighted by atomic mass is 32.2. The van der Waals surface area contributed by atoms with E-state index in [2.05, 4.69) is 67.0 Å². The molecule has 3 heteroatoms. The van der Waals surface area contributed by atoms with Crippen LogP contribution >= 0.6 is 11.8 Å². The van der Waals surface area contributed by atoms with Crippen molar-refractivity contribution in [1.82, 2.24) is 4.90 Å². The van der Waals surface area contributed by atoms with Crippen LogP contribution in [0.2, 0.25) is 0 Å². The zero-order chi connectivity index (χ0) is 13.0. The first-order chi connectivity index (χ1) is 8.57. The number of benzene rings is 1. The van der Waals surface area contributed by atoms with Crippen molar-refractivity contribution in [2.75, 3.05) is 37.2 Å². The Bertz CT molecular complexity index is 390. The van der Waals surface area contributed by atoms with Gasteiger partial charge in [-0.1, -0.05) is 18.2 Å². The Morgan fingerprint density at radius 3 is 2.83 bits per heavy atom. The van der Waals surface area contributed by atoms with E-state index in [1.54, 1.807) is 0 Å². The molecule has 0 unspecified atom stereocenters. The number of nitrogens with one attached hydrogen (secondary N) is 1. The second kappa shape index (κ2) is 5.98. The first-order valence-electron chi connectivity index (χ1n) is 6.73.